The fraction of sp³-hybridized carbons (Fsp3) is 0.417. The first-order valence-electron chi connectivity index (χ1n) is 5.61. The van der Waals surface area contributed by atoms with Crippen molar-refractivity contribution in [3.05, 3.63) is 28.7 Å². The summed E-state index contributed by atoms with van der Waals surface area (Å²) in [4.78, 5) is 13.6. The van der Waals surface area contributed by atoms with Crippen molar-refractivity contribution in [2.75, 3.05) is 11.9 Å². The second-order valence-corrected chi connectivity index (χ2v) is 4.77. The van der Waals surface area contributed by atoms with Gasteiger partial charge in [-0.3, -0.25) is 4.98 Å². The van der Waals surface area contributed by atoms with Gasteiger partial charge in [-0.25, -0.2) is 4.79 Å². The van der Waals surface area contributed by atoms with Crippen LogP contribution >= 0.6 is 0 Å². The first-order chi connectivity index (χ1) is 8.00. The fourth-order valence-electron chi connectivity index (χ4n) is 1.84. The lowest BCUT2D eigenvalue weighted by atomic mass is 10.0. The summed E-state index contributed by atoms with van der Waals surface area (Å²) in [5, 5.41) is 3.36. The Morgan fingerprint density at radius 1 is 1.47 bits per heavy atom. The summed E-state index contributed by atoms with van der Waals surface area (Å²) >= 11 is 0. The molecule has 17 heavy (non-hydrogen) atoms. The zero-order chi connectivity index (χ0) is 12.5. The maximum Gasteiger partial charge on any atom is 0.417 e. The van der Waals surface area contributed by atoms with Crippen molar-refractivity contribution in [1.29, 1.82) is 0 Å². The Morgan fingerprint density at radius 3 is 2.94 bits per heavy atom. The van der Waals surface area contributed by atoms with Crippen molar-refractivity contribution in [1.82, 2.24) is 4.98 Å². The quantitative estimate of drug-likeness (QED) is 0.752. The highest BCUT2D eigenvalue weighted by atomic mass is 16.4. The maximum absolute atomic E-state index is 11.0. The molecular formula is C12H17N3O2. The molecule has 92 valence electrons. The molecule has 0 atom stereocenters. The number of benzene rings is 1. The van der Waals surface area contributed by atoms with Crippen LogP contribution in [0.1, 0.15) is 20.3 Å². The number of nitrogens with two attached hydrogens (primary N) is 1. The highest BCUT2D eigenvalue weighted by Gasteiger charge is 2.16. The van der Waals surface area contributed by atoms with Crippen molar-refractivity contribution in [2.24, 2.45) is 5.73 Å². The molecule has 0 saturated heterocycles. The third-order valence-electron chi connectivity index (χ3n) is 2.67. The predicted molar refractivity (Wildman–Crippen MR) is 68.2 cm³/mol. The molecule has 2 rings (SSSR count). The summed E-state index contributed by atoms with van der Waals surface area (Å²) in [6.07, 6.45) is 0.863. The number of anilines is 1. The van der Waals surface area contributed by atoms with Crippen LogP contribution in [0.3, 0.4) is 0 Å². The van der Waals surface area contributed by atoms with E-state index in [-0.39, 0.29) is 5.54 Å². The van der Waals surface area contributed by atoms with Gasteiger partial charge < -0.3 is 15.5 Å². The highest BCUT2D eigenvalue weighted by molar-refractivity contribution is 5.76. The van der Waals surface area contributed by atoms with Crippen molar-refractivity contribution in [3.8, 4) is 0 Å². The molecule has 0 fully saturated rings. The van der Waals surface area contributed by atoms with Gasteiger partial charge in [0.2, 0.25) is 0 Å². The van der Waals surface area contributed by atoms with Gasteiger partial charge in [0, 0.05) is 17.3 Å². The van der Waals surface area contributed by atoms with Crippen LogP contribution in [0.25, 0.3) is 11.1 Å². The minimum absolute atomic E-state index is 0.0843. The normalized spacial score (nSPS) is 11.9. The Morgan fingerprint density at radius 2 is 2.24 bits per heavy atom. The molecular weight excluding hydrogens is 218 g/mol. The van der Waals surface area contributed by atoms with Crippen LogP contribution in [0.15, 0.2) is 27.4 Å². The van der Waals surface area contributed by atoms with Crippen LogP contribution in [-0.4, -0.2) is 17.1 Å². The molecule has 4 N–H and O–H groups in total. The number of hydrogen-bond donors (Lipinski definition) is 3. The molecule has 0 aliphatic rings. The Hall–Kier alpha value is -1.75. The molecule has 1 aromatic heterocycles. The van der Waals surface area contributed by atoms with Gasteiger partial charge in [0.25, 0.3) is 0 Å². The molecule has 2 aromatic rings. The second-order valence-electron chi connectivity index (χ2n) is 4.77. The van der Waals surface area contributed by atoms with Crippen LogP contribution in [0.2, 0.25) is 0 Å². The molecule has 5 nitrogen and oxygen atoms in total. The van der Waals surface area contributed by atoms with Crippen LogP contribution in [0, 0.1) is 0 Å². The lowest BCUT2D eigenvalue weighted by Crippen LogP contribution is -2.33. The van der Waals surface area contributed by atoms with Crippen LogP contribution in [-0.2, 0) is 0 Å². The van der Waals surface area contributed by atoms with Crippen molar-refractivity contribution in [3.63, 3.8) is 0 Å². The molecule has 0 aliphatic carbocycles. The lowest BCUT2D eigenvalue weighted by molar-refractivity contribution is 0.526. The molecule has 0 aliphatic heterocycles. The van der Waals surface area contributed by atoms with E-state index in [2.05, 4.69) is 24.1 Å². The highest BCUT2D eigenvalue weighted by Crippen LogP contribution is 2.21. The van der Waals surface area contributed by atoms with Gasteiger partial charge in [0.1, 0.15) is 0 Å². The zero-order valence-corrected chi connectivity index (χ0v) is 10.0. The van der Waals surface area contributed by atoms with Crippen molar-refractivity contribution >= 4 is 16.8 Å². The molecule has 1 heterocycles. The van der Waals surface area contributed by atoms with Crippen molar-refractivity contribution < 1.29 is 4.42 Å². The van der Waals surface area contributed by atoms with E-state index in [0.717, 1.165) is 12.1 Å². The number of rotatable bonds is 4. The number of aromatic amines is 1. The van der Waals surface area contributed by atoms with E-state index in [0.29, 0.717) is 17.6 Å². The Labute approximate surface area is 99.0 Å². The molecule has 1 aromatic carbocycles. The predicted octanol–water partition coefficient (Wildman–Crippen LogP) is 1.66. The number of H-pyrrole nitrogens is 1. The van der Waals surface area contributed by atoms with E-state index >= 15 is 0 Å². The molecule has 5 heteroatoms. The van der Waals surface area contributed by atoms with Gasteiger partial charge in [-0.2, -0.15) is 0 Å². The van der Waals surface area contributed by atoms with E-state index in [4.69, 9.17) is 10.2 Å². The topological polar surface area (TPSA) is 84.0 Å². The number of fused-ring (bicyclic) bond motifs is 1. The van der Waals surface area contributed by atoms with Crippen LogP contribution in [0.4, 0.5) is 5.69 Å². The molecule has 0 amide bonds. The Balaban J connectivity index is 2.27. The number of nitrogens with one attached hydrogen (secondary N) is 2. The summed E-state index contributed by atoms with van der Waals surface area (Å²) in [5.41, 5.74) is 7.65. The van der Waals surface area contributed by atoms with E-state index in [9.17, 15) is 4.79 Å². The number of aromatic nitrogens is 1. The average molecular weight is 235 g/mol. The smallest absolute Gasteiger partial charge is 0.408 e. The average Bonchev–Trinajstić information content (AvgIpc) is 2.56. The number of hydrogen-bond acceptors (Lipinski definition) is 4. The molecule has 0 bridgehead atoms. The first kappa shape index (κ1) is 11.7. The van der Waals surface area contributed by atoms with Gasteiger partial charge in [-0.1, -0.05) is 0 Å². The van der Waals surface area contributed by atoms with Crippen LogP contribution < -0.4 is 16.8 Å². The summed E-state index contributed by atoms with van der Waals surface area (Å²) in [6.45, 7) is 4.79. The maximum atomic E-state index is 11.0. The van der Waals surface area contributed by atoms with E-state index in [1.165, 1.54) is 0 Å². The molecule has 0 spiro atoms. The fourth-order valence-corrected chi connectivity index (χ4v) is 1.84. The molecule has 0 radical (unpaired) electrons. The number of oxazole rings is 1. The second kappa shape index (κ2) is 4.25. The largest absolute Gasteiger partial charge is 0.417 e. The monoisotopic (exact) mass is 235 g/mol. The third kappa shape index (κ3) is 2.68. The summed E-state index contributed by atoms with van der Waals surface area (Å²) in [7, 11) is 0. The summed E-state index contributed by atoms with van der Waals surface area (Å²) < 4.78 is 5.01. The van der Waals surface area contributed by atoms with Gasteiger partial charge in [-0.15, -0.1) is 0 Å². The summed E-state index contributed by atoms with van der Waals surface area (Å²) in [6, 6.07) is 5.54. The van der Waals surface area contributed by atoms with E-state index < -0.39 is 5.76 Å². The van der Waals surface area contributed by atoms with Gasteiger partial charge >= 0.3 is 5.76 Å². The molecule has 0 unspecified atom stereocenters. The lowest BCUT2D eigenvalue weighted by Gasteiger charge is -2.26. The minimum atomic E-state index is -0.432. The van der Waals surface area contributed by atoms with Gasteiger partial charge in [0.05, 0.1) is 5.52 Å². The van der Waals surface area contributed by atoms with E-state index in [1.807, 2.05) is 18.2 Å². The molecule has 0 saturated carbocycles. The first-order valence-corrected chi connectivity index (χ1v) is 5.61. The van der Waals surface area contributed by atoms with E-state index in [1.54, 1.807) is 0 Å². The van der Waals surface area contributed by atoms with Crippen LogP contribution in [0.5, 0.6) is 0 Å². The zero-order valence-electron chi connectivity index (χ0n) is 10.0. The van der Waals surface area contributed by atoms with Gasteiger partial charge in [-0.05, 0) is 38.9 Å². The minimum Gasteiger partial charge on any atom is -0.408 e. The Bertz CT molecular complexity index is 568. The third-order valence-corrected chi connectivity index (χ3v) is 2.67. The standard InChI is InChI=1S/C12H17N3O2/c1-12(2,5-6-13)15-8-3-4-9-10(7-8)17-11(16)14-9/h3-4,7,15H,5-6,13H2,1-2H3,(H,14,16). The summed E-state index contributed by atoms with van der Waals surface area (Å²) in [5.74, 6) is -0.432. The van der Waals surface area contributed by atoms with Gasteiger partial charge in [0.15, 0.2) is 5.58 Å². The van der Waals surface area contributed by atoms with Crippen molar-refractivity contribution in [2.45, 2.75) is 25.8 Å². The Kier molecular flexibility index (Phi) is 2.93. The SMILES string of the molecule is CC(C)(CCN)Nc1ccc2[nH]c(=O)oc2c1.